The number of amides is 1. The van der Waals surface area contributed by atoms with Gasteiger partial charge in [-0.2, -0.15) is 0 Å². The summed E-state index contributed by atoms with van der Waals surface area (Å²) in [6, 6.07) is 3.79. The molecule has 1 aliphatic rings. The molecule has 1 aliphatic heterocycles. The van der Waals surface area contributed by atoms with E-state index < -0.39 is 5.91 Å². The van der Waals surface area contributed by atoms with Gasteiger partial charge < -0.3 is 16.4 Å². The Morgan fingerprint density at radius 3 is 3.25 bits per heavy atom. The van der Waals surface area contributed by atoms with E-state index >= 15 is 0 Å². The summed E-state index contributed by atoms with van der Waals surface area (Å²) in [5, 5.41) is 6.58. The summed E-state index contributed by atoms with van der Waals surface area (Å²) in [5.74, 6) is 0.273. The zero-order valence-electron chi connectivity index (χ0n) is 9.07. The van der Waals surface area contributed by atoms with Crippen molar-refractivity contribution in [3.63, 3.8) is 0 Å². The SMILES string of the molecule is NC(=O)c1ccnc(NCC2CCCN2)c1. The highest BCUT2D eigenvalue weighted by molar-refractivity contribution is 5.93. The molecule has 1 atom stereocenters. The molecule has 4 N–H and O–H groups in total. The molecular weight excluding hydrogens is 204 g/mol. The van der Waals surface area contributed by atoms with Crippen LogP contribution in [0.4, 0.5) is 5.82 Å². The molecule has 1 amide bonds. The summed E-state index contributed by atoms with van der Waals surface area (Å²) in [6.45, 7) is 1.91. The predicted octanol–water partition coefficient (Wildman–Crippen LogP) is 0.344. The van der Waals surface area contributed by atoms with Crippen LogP contribution in [0.3, 0.4) is 0 Å². The lowest BCUT2D eigenvalue weighted by Gasteiger charge is -2.12. The maximum absolute atomic E-state index is 11.0. The summed E-state index contributed by atoms with van der Waals surface area (Å²) in [5.41, 5.74) is 5.68. The van der Waals surface area contributed by atoms with Gasteiger partial charge in [0.25, 0.3) is 0 Å². The van der Waals surface area contributed by atoms with Crippen LogP contribution in [0.2, 0.25) is 0 Å². The van der Waals surface area contributed by atoms with Crippen molar-refractivity contribution in [2.24, 2.45) is 5.73 Å². The van der Waals surface area contributed by atoms with Gasteiger partial charge in [0.2, 0.25) is 5.91 Å². The van der Waals surface area contributed by atoms with Crippen LogP contribution in [0.25, 0.3) is 0 Å². The number of aromatic nitrogens is 1. The number of primary amides is 1. The fourth-order valence-corrected chi connectivity index (χ4v) is 1.84. The minimum absolute atomic E-state index is 0.426. The molecule has 1 unspecified atom stereocenters. The second-order valence-electron chi connectivity index (χ2n) is 3.97. The number of hydrogen-bond acceptors (Lipinski definition) is 4. The van der Waals surface area contributed by atoms with Crippen LogP contribution in [0, 0.1) is 0 Å². The van der Waals surface area contributed by atoms with Crippen LogP contribution in [-0.4, -0.2) is 30.0 Å². The van der Waals surface area contributed by atoms with Gasteiger partial charge in [0.05, 0.1) is 0 Å². The summed E-state index contributed by atoms with van der Waals surface area (Å²) < 4.78 is 0. The summed E-state index contributed by atoms with van der Waals surface area (Å²) in [7, 11) is 0. The Morgan fingerprint density at radius 1 is 1.69 bits per heavy atom. The topological polar surface area (TPSA) is 80.0 Å². The monoisotopic (exact) mass is 220 g/mol. The van der Waals surface area contributed by atoms with E-state index in [4.69, 9.17) is 5.73 Å². The summed E-state index contributed by atoms with van der Waals surface area (Å²) >= 11 is 0. The van der Waals surface area contributed by atoms with E-state index in [-0.39, 0.29) is 0 Å². The Bertz CT molecular complexity index is 374. The van der Waals surface area contributed by atoms with Gasteiger partial charge in [-0.1, -0.05) is 0 Å². The van der Waals surface area contributed by atoms with E-state index in [9.17, 15) is 4.79 Å². The zero-order chi connectivity index (χ0) is 11.4. The van der Waals surface area contributed by atoms with Crippen molar-refractivity contribution in [1.29, 1.82) is 0 Å². The predicted molar refractivity (Wildman–Crippen MR) is 62.3 cm³/mol. The van der Waals surface area contributed by atoms with Gasteiger partial charge in [0.15, 0.2) is 0 Å². The van der Waals surface area contributed by atoms with Gasteiger partial charge in [-0.15, -0.1) is 0 Å². The molecule has 0 saturated carbocycles. The van der Waals surface area contributed by atoms with Crippen LogP contribution in [0.5, 0.6) is 0 Å². The lowest BCUT2D eigenvalue weighted by atomic mass is 10.2. The standard InChI is InChI=1S/C11H16N4O/c12-11(16)8-3-5-14-10(6-8)15-7-9-2-1-4-13-9/h3,5-6,9,13H,1-2,4,7H2,(H2,12,16)(H,14,15). The van der Waals surface area contributed by atoms with Crippen LogP contribution in [0.15, 0.2) is 18.3 Å². The third-order valence-corrected chi connectivity index (χ3v) is 2.74. The van der Waals surface area contributed by atoms with Crippen molar-refractivity contribution in [2.45, 2.75) is 18.9 Å². The summed E-state index contributed by atoms with van der Waals surface area (Å²) in [4.78, 5) is 15.1. The third-order valence-electron chi connectivity index (χ3n) is 2.74. The molecule has 86 valence electrons. The molecule has 2 rings (SSSR count). The molecule has 0 radical (unpaired) electrons. The molecule has 2 heterocycles. The van der Waals surface area contributed by atoms with Crippen molar-refractivity contribution in [1.82, 2.24) is 10.3 Å². The van der Waals surface area contributed by atoms with E-state index in [1.54, 1.807) is 18.3 Å². The highest BCUT2D eigenvalue weighted by Crippen LogP contribution is 2.09. The lowest BCUT2D eigenvalue weighted by molar-refractivity contribution is 0.1000. The molecule has 0 aromatic carbocycles. The van der Waals surface area contributed by atoms with Crippen LogP contribution in [-0.2, 0) is 0 Å². The molecule has 1 aromatic rings. The van der Waals surface area contributed by atoms with Gasteiger partial charge in [-0.05, 0) is 31.5 Å². The van der Waals surface area contributed by atoms with Gasteiger partial charge in [-0.25, -0.2) is 4.98 Å². The second-order valence-corrected chi connectivity index (χ2v) is 3.97. The van der Waals surface area contributed by atoms with E-state index in [1.165, 1.54) is 12.8 Å². The molecule has 1 fully saturated rings. The number of rotatable bonds is 4. The first-order valence-electron chi connectivity index (χ1n) is 5.49. The highest BCUT2D eigenvalue weighted by Gasteiger charge is 2.13. The van der Waals surface area contributed by atoms with Gasteiger partial charge in [0, 0.05) is 24.3 Å². The molecule has 1 aromatic heterocycles. The fraction of sp³-hybridized carbons (Fsp3) is 0.455. The van der Waals surface area contributed by atoms with E-state index in [0.29, 0.717) is 17.4 Å². The number of nitrogens with zero attached hydrogens (tertiary/aromatic N) is 1. The number of carbonyl (C=O) groups excluding carboxylic acids is 1. The highest BCUT2D eigenvalue weighted by atomic mass is 16.1. The van der Waals surface area contributed by atoms with Crippen molar-refractivity contribution in [3.05, 3.63) is 23.9 Å². The van der Waals surface area contributed by atoms with Gasteiger partial charge in [0.1, 0.15) is 5.82 Å². The molecular formula is C11H16N4O. The molecule has 5 nitrogen and oxygen atoms in total. The Hall–Kier alpha value is -1.62. The molecule has 1 saturated heterocycles. The number of hydrogen-bond donors (Lipinski definition) is 3. The van der Waals surface area contributed by atoms with Crippen LogP contribution >= 0.6 is 0 Å². The smallest absolute Gasteiger partial charge is 0.248 e. The fourth-order valence-electron chi connectivity index (χ4n) is 1.84. The minimum Gasteiger partial charge on any atom is -0.368 e. The Balaban J connectivity index is 1.93. The Labute approximate surface area is 94.4 Å². The molecule has 0 bridgehead atoms. The normalized spacial score (nSPS) is 19.6. The average molecular weight is 220 g/mol. The van der Waals surface area contributed by atoms with Gasteiger partial charge in [-0.3, -0.25) is 4.79 Å². The number of pyridine rings is 1. The molecule has 16 heavy (non-hydrogen) atoms. The van der Waals surface area contributed by atoms with Crippen molar-refractivity contribution in [3.8, 4) is 0 Å². The zero-order valence-corrected chi connectivity index (χ0v) is 9.07. The first-order chi connectivity index (χ1) is 7.75. The average Bonchev–Trinajstić information content (AvgIpc) is 2.79. The number of carbonyl (C=O) groups is 1. The number of nitrogens with two attached hydrogens (primary N) is 1. The Kier molecular flexibility index (Phi) is 3.36. The van der Waals surface area contributed by atoms with E-state index in [0.717, 1.165) is 13.1 Å². The van der Waals surface area contributed by atoms with Crippen LogP contribution < -0.4 is 16.4 Å². The van der Waals surface area contributed by atoms with Gasteiger partial charge >= 0.3 is 0 Å². The first kappa shape index (κ1) is 10.9. The number of nitrogens with one attached hydrogen (secondary N) is 2. The van der Waals surface area contributed by atoms with E-state index in [2.05, 4.69) is 15.6 Å². The summed E-state index contributed by atoms with van der Waals surface area (Å²) in [6.07, 6.45) is 3.99. The number of anilines is 1. The second kappa shape index (κ2) is 4.94. The first-order valence-corrected chi connectivity index (χ1v) is 5.49. The maximum atomic E-state index is 11.0. The largest absolute Gasteiger partial charge is 0.368 e. The Morgan fingerprint density at radius 2 is 2.56 bits per heavy atom. The minimum atomic E-state index is -0.426. The lowest BCUT2D eigenvalue weighted by Crippen LogP contribution is -2.29. The van der Waals surface area contributed by atoms with E-state index in [1.807, 2.05) is 0 Å². The molecule has 0 spiro atoms. The quantitative estimate of drug-likeness (QED) is 0.683. The van der Waals surface area contributed by atoms with Crippen molar-refractivity contribution >= 4 is 11.7 Å². The molecule has 0 aliphatic carbocycles. The third kappa shape index (κ3) is 2.70. The molecule has 5 heteroatoms. The van der Waals surface area contributed by atoms with Crippen molar-refractivity contribution < 1.29 is 4.79 Å². The maximum Gasteiger partial charge on any atom is 0.248 e. The van der Waals surface area contributed by atoms with Crippen molar-refractivity contribution in [2.75, 3.05) is 18.4 Å². The van der Waals surface area contributed by atoms with Crippen LogP contribution in [0.1, 0.15) is 23.2 Å².